The molecule has 0 saturated carbocycles. The molecule has 0 spiro atoms. The number of unbranched alkanes of at least 4 members (excludes halogenated alkanes) is 13. The molecule has 218 valence electrons. The Morgan fingerprint density at radius 3 is 1.18 bits per heavy atom. The molecular weight excluding hydrogens is 700 g/mol. The molecule has 3 rings (SSSR count). The van der Waals surface area contributed by atoms with E-state index in [1.54, 1.807) is 0 Å². The predicted octanol–water partition coefficient (Wildman–Crippen LogP) is 13.1. The van der Waals surface area contributed by atoms with Crippen molar-refractivity contribution in [1.29, 1.82) is 0 Å². The second-order valence-electron chi connectivity index (χ2n) is 14.0. The van der Waals surface area contributed by atoms with E-state index >= 15 is 0 Å². The number of hydrogen-bond acceptors (Lipinski definition) is 0. The van der Waals surface area contributed by atoms with Crippen molar-refractivity contribution in [1.82, 2.24) is 4.57 Å². The van der Waals surface area contributed by atoms with Gasteiger partial charge in [0.15, 0.2) is 0 Å². The van der Waals surface area contributed by atoms with Crippen LogP contribution in [-0.2, 0) is 17.4 Å². The zero-order chi connectivity index (χ0) is 28.6. The van der Waals surface area contributed by atoms with Crippen LogP contribution in [0, 0.1) is 7.14 Å². The number of fused-ring (bicyclic) bond motifs is 3. The average Bonchev–Trinajstić information content (AvgIpc) is 3.18. The molecule has 0 unspecified atom stereocenters. The Bertz CT molecular complexity index is 1110. The highest BCUT2D eigenvalue weighted by Crippen LogP contribution is 2.40. The molecule has 1 heterocycles. The van der Waals surface area contributed by atoms with Crippen LogP contribution in [-0.4, -0.2) is 4.57 Å². The molecule has 1 nitrogen and oxygen atoms in total. The molecule has 1 aromatic heterocycles. The lowest BCUT2D eigenvalue weighted by Crippen LogP contribution is -2.11. The number of nitrogens with zero attached hydrogens (tertiary/aromatic N) is 1. The molecular formula is C36H55I2N. The number of hydrogen-bond donors (Lipinski definition) is 0. The van der Waals surface area contributed by atoms with Crippen molar-refractivity contribution in [3.8, 4) is 0 Å². The lowest BCUT2D eigenvalue weighted by atomic mass is 9.85. The van der Waals surface area contributed by atoms with Crippen LogP contribution in [0.5, 0.6) is 0 Å². The molecule has 0 aliphatic carbocycles. The summed E-state index contributed by atoms with van der Waals surface area (Å²) in [5.74, 6) is 0. The van der Waals surface area contributed by atoms with Gasteiger partial charge in [-0.05, 0) is 97.8 Å². The molecule has 0 radical (unpaired) electrons. The SMILES string of the molecule is CCCCCCCCCCCCCCCCn1c2c(I)cc(C(C)(C)C)cc2c2cc(C(C)(C)C)cc(I)c21. The number of halogens is 2. The van der Waals surface area contributed by atoms with Crippen LogP contribution >= 0.6 is 45.2 Å². The second kappa shape index (κ2) is 15.3. The van der Waals surface area contributed by atoms with Crippen LogP contribution in [0.2, 0.25) is 0 Å². The molecule has 2 aromatic carbocycles. The van der Waals surface area contributed by atoms with Crippen molar-refractivity contribution in [2.45, 2.75) is 156 Å². The van der Waals surface area contributed by atoms with Crippen molar-refractivity contribution in [3.63, 3.8) is 0 Å². The van der Waals surface area contributed by atoms with E-state index in [1.807, 2.05) is 0 Å². The highest BCUT2D eigenvalue weighted by molar-refractivity contribution is 14.1. The van der Waals surface area contributed by atoms with Gasteiger partial charge in [0.1, 0.15) is 0 Å². The van der Waals surface area contributed by atoms with Crippen LogP contribution in [0.15, 0.2) is 24.3 Å². The first-order valence-electron chi connectivity index (χ1n) is 15.9. The smallest absolute Gasteiger partial charge is 0.0627 e. The van der Waals surface area contributed by atoms with Gasteiger partial charge in [-0.15, -0.1) is 0 Å². The van der Waals surface area contributed by atoms with Crippen molar-refractivity contribution < 1.29 is 0 Å². The maximum Gasteiger partial charge on any atom is 0.0627 e. The minimum atomic E-state index is 0.145. The molecule has 0 atom stereocenters. The summed E-state index contributed by atoms with van der Waals surface area (Å²) in [7, 11) is 0. The number of aryl methyl sites for hydroxylation is 1. The maximum atomic E-state index is 2.66. The largest absolute Gasteiger partial charge is 0.339 e. The average molecular weight is 756 g/mol. The van der Waals surface area contributed by atoms with Gasteiger partial charge in [0, 0.05) is 24.5 Å². The fourth-order valence-corrected chi connectivity index (χ4v) is 7.66. The topological polar surface area (TPSA) is 4.93 Å². The summed E-state index contributed by atoms with van der Waals surface area (Å²) in [4.78, 5) is 0. The third-order valence-electron chi connectivity index (χ3n) is 8.42. The van der Waals surface area contributed by atoms with Crippen molar-refractivity contribution in [3.05, 3.63) is 42.5 Å². The van der Waals surface area contributed by atoms with Crippen LogP contribution in [0.1, 0.15) is 149 Å². The Labute approximate surface area is 267 Å². The third kappa shape index (κ3) is 9.35. The van der Waals surface area contributed by atoms with E-state index < -0.39 is 0 Å². The van der Waals surface area contributed by atoms with Crippen LogP contribution < -0.4 is 0 Å². The minimum Gasteiger partial charge on any atom is -0.339 e. The molecule has 0 N–H and O–H groups in total. The fourth-order valence-electron chi connectivity index (χ4n) is 5.82. The van der Waals surface area contributed by atoms with E-state index in [-0.39, 0.29) is 10.8 Å². The van der Waals surface area contributed by atoms with E-state index in [1.165, 1.54) is 130 Å². The third-order valence-corrected chi connectivity index (χ3v) is 10.1. The van der Waals surface area contributed by atoms with E-state index in [9.17, 15) is 0 Å². The van der Waals surface area contributed by atoms with Crippen LogP contribution in [0.25, 0.3) is 21.8 Å². The highest BCUT2D eigenvalue weighted by Gasteiger charge is 2.23. The van der Waals surface area contributed by atoms with Crippen LogP contribution in [0.3, 0.4) is 0 Å². The van der Waals surface area contributed by atoms with E-state index in [4.69, 9.17) is 0 Å². The van der Waals surface area contributed by atoms with Crippen LogP contribution in [0.4, 0.5) is 0 Å². The Hall–Kier alpha value is -0.300. The van der Waals surface area contributed by atoms with E-state index in [2.05, 4.69) is 122 Å². The second-order valence-corrected chi connectivity index (χ2v) is 16.3. The van der Waals surface area contributed by atoms with Gasteiger partial charge in [0.05, 0.1) is 11.0 Å². The molecule has 0 aliphatic rings. The summed E-state index contributed by atoms with van der Waals surface area (Å²) < 4.78 is 5.45. The molecule has 0 amide bonds. The Morgan fingerprint density at radius 1 is 0.513 bits per heavy atom. The van der Waals surface area contributed by atoms with Crippen molar-refractivity contribution in [2.24, 2.45) is 0 Å². The first-order valence-corrected chi connectivity index (χ1v) is 18.1. The molecule has 39 heavy (non-hydrogen) atoms. The summed E-state index contributed by atoms with van der Waals surface area (Å²) in [6.07, 6.45) is 19.7. The van der Waals surface area contributed by atoms with Gasteiger partial charge in [0.25, 0.3) is 0 Å². The Morgan fingerprint density at radius 2 is 0.846 bits per heavy atom. The lowest BCUT2D eigenvalue weighted by Gasteiger charge is -2.20. The molecule has 0 saturated heterocycles. The van der Waals surface area contributed by atoms with Gasteiger partial charge in [-0.25, -0.2) is 0 Å². The lowest BCUT2D eigenvalue weighted by molar-refractivity contribution is 0.528. The molecule has 0 bridgehead atoms. The van der Waals surface area contributed by atoms with Gasteiger partial charge >= 0.3 is 0 Å². The van der Waals surface area contributed by atoms with Crippen molar-refractivity contribution >= 4 is 67.0 Å². The van der Waals surface area contributed by atoms with Gasteiger partial charge in [-0.2, -0.15) is 0 Å². The Kier molecular flexibility index (Phi) is 13.0. The zero-order valence-electron chi connectivity index (χ0n) is 26.1. The summed E-state index contributed by atoms with van der Waals surface area (Å²) >= 11 is 5.20. The summed E-state index contributed by atoms with van der Waals surface area (Å²) in [5.41, 5.74) is 6.05. The summed E-state index contributed by atoms with van der Waals surface area (Å²) in [6.45, 7) is 17.4. The number of rotatable bonds is 15. The first-order chi connectivity index (χ1) is 18.4. The molecule has 0 aliphatic heterocycles. The van der Waals surface area contributed by atoms with Gasteiger partial charge in [-0.3, -0.25) is 0 Å². The molecule has 3 heteroatoms. The molecule has 3 aromatic rings. The molecule has 0 fully saturated rings. The van der Waals surface area contributed by atoms with Gasteiger partial charge in [0.2, 0.25) is 0 Å². The quantitative estimate of drug-likeness (QED) is 0.108. The van der Waals surface area contributed by atoms with Crippen molar-refractivity contribution in [2.75, 3.05) is 0 Å². The highest BCUT2D eigenvalue weighted by atomic mass is 127. The number of benzene rings is 2. The predicted molar refractivity (Wildman–Crippen MR) is 193 cm³/mol. The first kappa shape index (κ1) is 33.2. The zero-order valence-corrected chi connectivity index (χ0v) is 30.4. The maximum absolute atomic E-state index is 2.66. The van der Waals surface area contributed by atoms with Gasteiger partial charge < -0.3 is 4.57 Å². The van der Waals surface area contributed by atoms with Gasteiger partial charge in [-0.1, -0.05) is 132 Å². The standard InChI is InChI=1S/C36H55I2N/c1-8-9-10-11-12-13-14-15-16-17-18-19-20-21-22-39-33-29(23-27(25-31(33)37)35(2,3)4)30-24-28(36(5,6)7)26-32(38)34(30)39/h23-26H,8-22H2,1-7H3. The monoisotopic (exact) mass is 755 g/mol. The minimum absolute atomic E-state index is 0.145. The summed E-state index contributed by atoms with van der Waals surface area (Å²) in [5, 5.41) is 2.88. The summed E-state index contributed by atoms with van der Waals surface area (Å²) in [6, 6.07) is 9.84. The van der Waals surface area contributed by atoms with E-state index in [0.717, 1.165) is 6.54 Å². The normalized spacial score (nSPS) is 12.7. The van der Waals surface area contributed by atoms with E-state index in [0.29, 0.717) is 0 Å². The number of aromatic nitrogens is 1. The fraction of sp³-hybridized carbons (Fsp3) is 0.667. The Balaban J connectivity index is 1.64.